The number of hydrogen-bond donors (Lipinski definition) is 1. The first-order valence-electron chi connectivity index (χ1n) is 8.88. The Balaban J connectivity index is 1.34. The molecule has 1 amide bonds. The second kappa shape index (κ2) is 7.43. The summed E-state index contributed by atoms with van der Waals surface area (Å²) in [7, 11) is 0. The summed E-state index contributed by atoms with van der Waals surface area (Å²) >= 11 is 1.55. The number of anilines is 2. The number of nitrogens with zero attached hydrogens (tertiary/aromatic N) is 3. The number of aromatic nitrogens is 1. The van der Waals surface area contributed by atoms with Crippen LogP contribution in [0.4, 0.5) is 11.5 Å². The van der Waals surface area contributed by atoms with Gasteiger partial charge in [-0.15, -0.1) is 0 Å². The number of carbonyl (C=O) groups is 1. The molecule has 1 aliphatic heterocycles. The first-order valence-corrected chi connectivity index (χ1v) is 9.65. The van der Waals surface area contributed by atoms with Crippen molar-refractivity contribution in [3.8, 4) is 0 Å². The van der Waals surface area contributed by atoms with E-state index in [0.29, 0.717) is 6.54 Å². The summed E-state index contributed by atoms with van der Waals surface area (Å²) in [5.74, 6) is 1.13. The zero-order chi connectivity index (χ0) is 17.9. The van der Waals surface area contributed by atoms with Gasteiger partial charge in [-0.1, -0.05) is 30.3 Å². The summed E-state index contributed by atoms with van der Waals surface area (Å²) in [6.45, 7) is 5.96. The maximum atomic E-state index is 12.3. The standard InChI is InChI=1S/C20H22N4OS/c1-15-6-2-4-8-17(15)21-19(25)14-23-10-12-24(13-11-23)20-16-7-3-5-9-18(16)26-22-20/h2-9H,10-14H2,1H3,(H,21,25). The number of aryl methyl sites for hydroxylation is 1. The van der Waals surface area contributed by atoms with Gasteiger partial charge in [0, 0.05) is 37.3 Å². The predicted molar refractivity (Wildman–Crippen MR) is 108 cm³/mol. The van der Waals surface area contributed by atoms with Crippen LogP contribution in [0, 0.1) is 6.92 Å². The number of rotatable bonds is 4. The highest BCUT2D eigenvalue weighted by Crippen LogP contribution is 2.29. The van der Waals surface area contributed by atoms with Crippen LogP contribution in [0.1, 0.15) is 5.56 Å². The van der Waals surface area contributed by atoms with E-state index in [1.807, 2.05) is 31.2 Å². The third kappa shape index (κ3) is 3.57. The molecule has 0 aliphatic carbocycles. The Morgan fingerprint density at radius 3 is 2.62 bits per heavy atom. The summed E-state index contributed by atoms with van der Waals surface area (Å²) < 4.78 is 5.86. The van der Waals surface area contributed by atoms with E-state index < -0.39 is 0 Å². The number of fused-ring (bicyclic) bond motifs is 1. The van der Waals surface area contributed by atoms with E-state index in [4.69, 9.17) is 0 Å². The minimum Gasteiger partial charge on any atom is -0.353 e. The second-order valence-corrected chi connectivity index (χ2v) is 7.43. The maximum absolute atomic E-state index is 12.3. The van der Waals surface area contributed by atoms with Gasteiger partial charge in [-0.2, -0.15) is 4.37 Å². The van der Waals surface area contributed by atoms with Gasteiger partial charge in [-0.25, -0.2) is 0 Å². The molecule has 6 heteroatoms. The number of amides is 1. The monoisotopic (exact) mass is 366 g/mol. The van der Waals surface area contributed by atoms with Crippen LogP contribution in [0.2, 0.25) is 0 Å². The minimum atomic E-state index is 0.0480. The quantitative estimate of drug-likeness (QED) is 0.769. The molecule has 26 heavy (non-hydrogen) atoms. The topological polar surface area (TPSA) is 48.5 Å². The van der Waals surface area contributed by atoms with Crippen LogP contribution in [0.3, 0.4) is 0 Å². The fourth-order valence-corrected chi connectivity index (χ4v) is 4.12. The van der Waals surface area contributed by atoms with Gasteiger partial charge in [-0.3, -0.25) is 9.69 Å². The lowest BCUT2D eigenvalue weighted by molar-refractivity contribution is -0.117. The van der Waals surface area contributed by atoms with Crippen LogP contribution >= 0.6 is 11.5 Å². The number of piperazine rings is 1. The normalized spacial score (nSPS) is 15.3. The number of benzene rings is 2. The average molecular weight is 366 g/mol. The first kappa shape index (κ1) is 17.0. The molecule has 2 heterocycles. The summed E-state index contributed by atoms with van der Waals surface area (Å²) in [4.78, 5) is 16.9. The van der Waals surface area contributed by atoms with Crippen LogP contribution in [0.5, 0.6) is 0 Å². The third-order valence-corrected chi connectivity index (χ3v) is 5.63. The Hall–Kier alpha value is -2.44. The summed E-state index contributed by atoms with van der Waals surface area (Å²) in [6, 6.07) is 16.2. The fraction of sp³-hybridized carbons (Fsp3) is 0.300. The largest absolute Gasteiger partial charge is 0.353 e. The molecule has 0 saturated carbocycles. The van der Waals surface area contributed by atoms with E-state index in [9.17, 15) is 4.79 Å². The molecule has 0 bridgehead atoms. The van der Waals surface area contributed by atoms with Crippen molar-refractivity contribution in [2.45, 2.75) is 6.92 Å². The first-order chi connectivity index (χ1) is 12.7. The Morgan fingerprint density at radius 1 is 1.08 bits per heavy atom. The lowest BCUT2D eigenvalue weighted by Gasteiger charge is -2.34. The van der Waals surface area contributed by atoms with Gasteiger partial charge in [0.25, 0.3) is 0 Å². The molecule has 1 aliphatic rings. The zero-order valence-corrected chi connectivity index (χ0v) is 15.6. The fourth-order valence-electron chi connectivity index (χ4n) is 3.32. The summed E-state index contributed by atoms with van der Waals surface area (Å²) in [6.07, 6.45) is 0. The average Bonchev–Trinajstić information content (AvgIpc) is 3.08. The van der Waals surface area contributed by atoms with Crippen molar-refractivity contribution in [1.29, 1.82) is 0 Å². The summed E-state index contributed by atoms with van der Waals surface area (Å²) in [5, 5.41) is 4.24. The SMILES string of the molecule is Cc1ccccc1NC(=O)CN1CCN(c2nsc3ccccc23)CC1. The molecule has 1 N–H and O–H groups in total. The molecule has 0 unspecified atom stereocenters. The van der Waals surface area contributed by atoms with Crippen LogP contribution < -0.4 is 10.2 Å². The van der Waals surface area contributed by atoms with Gasteiger partial charge in [0.15, 0.2) is 0 Å². The van der Waals surface area contributed by atoms with Crippen LogP contribution in [-0.2, 0) is 4.79 Å². The Labute approximate surface area is 157 Å². The highest BCUT2D eigenvalue weighted by molar-refractivity contribution is 7.13. The molecule has 5 nitrogen and oxygen atoms in total. The van der Waals surface area contributed by atoms with E-state index in [1.54, 1.807) is 11.5 Å². The van der Waals surface area contributed by atoms with E-state index in [1.165, 1.54) is 10.1 Å². The van der Waals surface area contributed by atoms with E-state index in [-0.39, 0.29) is 5.91 Å². The van der Waals surface area contributed by atoms with E-state index in [0.717, 1.165) is 43.2 Å². The molecule has 1 saturated heterocycles. The van der Waals surface area contributed by atoms with Crippen molar-refractivity contribution in [1.82, 2.24) is 9.27 Å². The maximum Gasteiger partial charge on any atom is 0.238 e. The van der Waals surface area contributed by atoms with Crippen molar-refractivity contribution < 1.29 is 4.79 Å². The molecule has 0 radical (unpaired) electrons. The molecular weight excluding hydrogens is 344 g/mol. The molecule has 134 valence electrons. The number of nitrogens with one attached hydrogen (secondary N) is 1. The van der Waals surface area contributed by atoms with Crippen LogP contribution in [0.25, 0.3) is 10.1 Å². The van der Waals surface area contributed by atoms with E-state index in [2.05, 4.69) is 43.8 Å². The molecule has 0 spiro atoms. The van der Waals surface area contributed by atoms with Gasteiger partial charge in [0.2, 0.25) is 5.91 Å². The molecule has 2 aromatic carbocycles. The molecular formula is C20H22N4OS. The van der Waals surface area contributed by atoms with Crippen molar-refractivity contribution in [2.24, 2.45) is 0 Å². The Morgan fingerprint density at radius 2 is 1.81 bits per heavy atom. The van der Waals surface area contributed by atoms with Gasteiger partial charge >= 0.3 is 0 Å². The van der Waals surface area contributed by atoms with Crippen molar-refractivity contribution in [2.75, 3.05) is 42.9 Å². The third-order valence-electron chi connectivity index (χ3n) is 4.82. The van der Waals surface area contributed by atoms with Crippen molar-refractivity contribution in [3.05, 3.63) is 54.1 Å². The predicted octanol–water partition coefficient (Wildman–Crippen LogP) is 3.37. The van der Waals surface area contributed by atoms with Gasteiger partial charge in [0.05, 0.1) is 11.2 Å². The molecule has 0 atom stereocenters. The second-order valence-electron chi connectivity index (χ2n) is 6.63. The van der Waals surface area contributed by atoms with Gasteiger partial charge < -0.3 is 10.2 Å². The number of carbonyl (C=O) groups excluding carboxylic acids is 1. The van der Waals surface area contributed by atoms with Gasteiger partial charge in [0.1, 0.15) is 5.82 Å². The van der Waals surface area contributed by atoms with Crippen molar-refractivity contribution >= 4 is 39.0 Å². The lowest BCUT2D eigenvalue weighted by Crippen LogP contribution is -2.48. The highest BCUT2D eigenvalue weighted by Gasteiger charge is 2.22. The van der Waals surface area contributed by atoms with Crippen molar-refractivity contribution in [3.63, 3.8) is 0 Å². The Bertz CT molecular complexity index is 915. The molecule has 4 rings (SSSR count). The Kier molecular flexibility index (Phi) is 4.86. The highest BCUT2D eigenvalue weighted by atomic mass is 32.1. The van der Waals surface area contributed by atoms with Crippen LogP contribution in [-0.4, -0.2) is 47.9 Å². The van der Waals surface area contributed by atoms with Gasteiger partial charge in [-0.05, 0) is 42.2 Å². The smallest absolute Gasteiger partial charge is 0.238 e. The molecule has 1 fully saturated rings. The summed E-state index contributed by atoms with van der Waals surface area (Å²) in [5.41, 5.74) is 1.98. The lowest BCUT2D eigenvalue weighted by atomic mass is 10.2. The van der Waals surface area contributed by atoms with E-state index >= 15 is 0 Å². The minimum absolute atomic E-state index is 0.0480. The molecule has 1 aromatic heterocycles. The zero-order valence-electron chi connectivity index (χ0n) is 14.8. The molecule has 3 aromatic rings. The number of hydrogen-bond acceptors (Lipinski definition) is 5. The van der Waals surface area contributed by atoms with Crippen LogP contribution in [0.15, 0.2) is 48.5 Å². The number of para-hydroxylation sites is 1.